The Morgan fingerprint density at radius 1 is 0.864 bits per heavy atom. The molecule has 0 bridgehead atoms. The molecular weight excluding hydrogens is 745 g/mol. The summed E-state index contributed by atoms with van der Waals surface area (Å²) in [6.07, 6.45) is 9.58. The second-order valence-electron chi connectivity index (χ2n) is 15.3. The highest BCUT2D eigenvalue weighted by Gasteiger charge is 2.40. The Hall–Kier alpha value is -6.93. The van der Waals surface area contributed by atoms with Gasteiger partial charge in [0.1, 0.15) is 34.7 Å². The van der Waals surface area contributed by atoms with Crippen LogP contribution in [0.1, 0.15) is 75.0 Å². The minimum absolute atomic E-state index is 0.109. The molecule has 0 radical (unpaired) electrons. The molecule has 9 rings (SSSR count). The zero-order chi connectivity index (χ0) is 40.5. The molecule has 2 atom stereocenters. The molecule has 59 heavy (non-hydrogen) atoms. The molecule has 6 heterocycles. The first-order valence-electron chi connectivity index (χ1n) is 20.1. The van der Waals surface area contributed by atoms with E-state index in [0.717, 1.165) is 72.6 Å². The lowest BCUT2D eigenvalue weighted by Crippen LogP contribution is -2.52. The molecule has 3 aliphatic rings. The Morgan fingerprint density at radius 2 is 1.68 bits per heavy atom. The number of benzene rings is 3. The van der Waals surface area contributed by atoms with Crippen LogP contribution in [0.15, 0.2) is 104 Å². The van der Waals surface area contributed by atoms with Gasteiger partial charge in [0, 0.05) is 72.6 Å². The molecule has 3 aromatic carbocycles. The van der Waals surface area contributed by atoms with Gasteiger partial charge in [0.05, 0.1) is 6.04 Å². The number of piperidine rings is 1. The predicted octanol–water partition coefficient (Wildman–Crippen LogP) is 5.42. The number of nitrogens with two attached hydrogens (primary N) is 1. The number of likely N-dealkylation sites (tertiary alicyclic amines) is 1. The van der Waals surface area contributed by atoms with Gasteiger partial charge in [-0.3, -0.25) is 33.8 Å². The van der Waals surface area contributed by atoms with Crippen molar-refractivity contribution in [1.29, 1.82) is 0 Å². The number of hydrogen-bond acceptors (Lipinski definition) is 10. The number of amides is 4. The van der Waals surface area contributed by atoms with Gasteiger partial charge in [-0.25, -0.2) is 15.0 Å². The molecule has 2 saturated heterocycles. The SMILES string of the molecule is Nc1nccn2c([C@@H]3CCCN3CCc3ccc(CCNc4cccc5c4CN(C4CCC(=O)NC4=O)C5=O)cc3)nc(-c3ccc(C(=O)Nc4ccccn4)cc3)c12. The first-order chi connectivity index (χ1) is 28.8. The second kappa shape index (κ2) is 16.1. The summed E-state index contributed by atoms with van der Waals surface area (Å²) < 4.78 is 2.07. The Balaban J connectivity index is 0.823. The molecule has 3 aromatic heterocycles. The highest BCUT2D eigenvalue weighted by Crippen LogP contribution is 2.37. The van der Waals surface area contributed by atoms with E-state index in [1.165, 1.54) is 11.1 Å². The molecule has 2 fully saturated rings. The number of nitrogen functional groups attached to an aromatic ring is 1. The van der Waals surface area contributed by atoms with Gasteiger partial charge in [0.15, 0.2) is 0 Å². The lowest BCUT2D eigenvalue weighted by molar-refractivity contribution is -0.136. The van der Waals surface area contributed by atoms with Crippen molar-refractivity contribution in [2.45, 2.75) is 57.2 Å². The lowest BCUT2D eigenvalue weighted by Gasteiger charge is -2.29. The minimum Gasteiger partial charge on any atom is -0.384 e. The van der Waals surface area contributed by atoms with E-state index in [1.807, 2.05) is 36.5 Å². The van der Waals surface area contributed by atoms with Gasteiger partial charge in [0.25, 0.3) is 11.8 Å². The van der Waals surface area contributed by atoms with Crippen LogP contribution in [0.2, 0.25) is 0 Å². The first kappa shape index (κ1) is 37.6. The highest BCUT2D eigenvalue weighted by molar-refractivity contribution is 6.06. The fraction of sp³-hybridized carbons (Fsp3) is 0.267. The van der Waals surface area contributed by atoms with Gasteiger partial charge in [0.2, 0.25) is 11.8 Å². The Labute approximate surface area is 340 Å². The number of imidazole rings is 1. The molecule has 5 N–H and O–H groups in total. The first-order valence-corrected chi connectivity index (χ1v) is 20.1. The number of aromatic nitrogens is 4. The van der Waals surface area contributed by atoms with Crippen LogP contribution in [0, 0.1) is 0 Å². The molecule has 3 aliphatic heterocycles. The topological polar surface area (TPSA) is 180 Å². The van der Waals surface area contributed by atoms with Crippen LogP contribution >= 0.6 is 0 Å². The highest BCUT2D eigenvalue weighted by atomic mass is 16.2. The summed E-state index contributed by atoms with van der Waals surface area (Å²) in [5.74, 6) is 0.700. The van der Waals surface area contributed by atoms with Crippen molar-refractivity contribution in [1.82, 2.24) is 34.5 Å². The van der Waals surface area contributed by atoms with E-state index in [2.05, 4.69) is 59.5 Å². The van der Waals surface area contributed by atoms with E-state index in [4.69, 9.17) is 10.7 Å². The van der Waals surface area contributed by atoms with Crippen LogP contribution in [-0.4, -0.2) is 78.5 Å². The normalized spacial score (nSPS) is 18.0. The lowest BCUT2D eigenvalue weighted by atomic mass is 10.0. The Morgan fingerprint density at radius 3 is 2.46 bits per heavy atom. The molecular formula is C45H44N10O4. The largest absolute Gasteiger partial charge is 0.384 e. The van der Waals surface area contributed by atoms with E-state index >= 15 is 0 Å². The van der Waals surface area contributed by atoms with Crippen LogP contribution in [0.3, 0.4) is 0 Å². The van der Waals surface area contributed by atoms with Crippen molar-refractivity contribution in [3.8, 4) is 11.3 Å². The number of nitrogens with zero attached hydrogens (tertiary/aromatic N) is 6. The summed E-state index contributed by atoms with van der Waals surface area (Å²) in [6.45, 7) is 2.87. The molecule has 1 unspecified atom stereocenters. The van der Waals surface area contributed by atoms with Gasteiger partial charge in [-0.2, -0.15) is 0 Å². The summed E-state index contributed by atoms with van der Waals surface area (Å²) in [4.78, 5) is 68.1. The zero-order valence-electron chi connectivity index (χ0n) is 32.4. The number of imide groups is 1. The fourth-order valence-electron chi connectivity index (χ4n) is 8.55. The summed E-state index contributed by atoms with van der Waals surface area (Å²) in [5.41, 5.74) is 14.2. The van der Waals surface area contributed by atoms with Crippen molar-refractivity contribution in [3.05, 3.63) is 137 Å². The molecule has 14 heteroatoms. The third kappa shape index (κ3) is 7.62. The summed E-state index contributed by atoms with van der Waals surface area (Å²) >= 11 is 0. The van der Waals surface area contributed by atoms with Crippen molar-refractivity contribution in [2.24, 2.45) is 0 Å². The van der Waals surface area contributed by atoms with Crippen molar-refractivity contribution in [3.63, 3.8) is 0 Å². The van der Waals surface area contributed by atoms with Crippen LogP contribution in [-0.2, 0) is 29.0 Å². The van der Waals surface area contributed by atoms with Crippen molar-refractivity contribution < 1.29 is 19.2 Å². The Bertz CT molecular complexity index is 2560. The van der Waals surface area contributed by atoms with Gasteiger partial charge in [-0.1, -0.05) is 48.5 Å². The standard InChI is InChI=1S/C45H44N10O4/c46-41-40-39(30-13-15-31(16-14-30)43(57)50-37-8-1-2-21-48-37)52-42(54(40)26-23-49-41)35-7-4-24-53(35)25-20-29-11-9-28(10-12-29)19-22-47-34-6-3-5-32-33(34)27-55(45(32)59)36-17-18-38(56)51-44(36)58/h1-3,5-6,8-16,21,23,26,35-36,47H,4,7,17-20,22,24-25,27H2,(H2,46,49)(H,48,50,57)(H,51,56,58)/t35-,36?/m0/s1. The third-order valence-electron chi connectivity index (χ3n) is 11.6. The minimum atomic E-state index is -0.637. The zero-order valence-corrected chi connectivity index (χ0v) is 32.4. The fourth-order valence-corrected chi connectivity index (χ4v) is 8.55. The van der Waals surface area contributed by atoms with Crippen molar-refractivity contribution >= 4 is 46.5 Å². The predicted molar refractivity (Wildman–Crippen MR) is 223 cm³/mol. The van der Waals surface area contributed by atoms with E-state index < -0.39 is 11.9 Å². The maximum absolute atomic E-state index is 13.2. The molecule has 0 saturated carbocycles. The van der Waals surface area contributed by atoms with E-state index in [-0.39, 0.29) is 30.2 Å². The number of hydrogen-bond donors (Lipinski definition) is 4. The monoisotopic (exact) mass is 788 g/mol. The molecule has 4 amide bonds. The quantitative estimate of drug-likeness (QED) is 0.117. The van der Waals surface area contributed by atoms with Crippen LogP contribution < -0.4 is 21.7 Å². The van der Waals surface area contributed by atoms with Gasteiger partial charge < -0.3 is 21.3 Å². The summed E-state index contributed by atoms with van der Waals surface area (Å²) in [7, 11) is 0. The smallest absolute Gasteiger partial charge is 0.256 e. The van der Waals surface area contributed by atoms with Gasteiger partial charge >= 0.3 is 0 Å². The maximum atomic E-state index is 13.2. The number of carbonyl (C=O) groups excluding carboxylic acids is 4. The number of anilines is 3. The number of rotatable bonds is 12. The molecule has 298 valence electrons. The van der Waals surface area contributed by atoms with Crippen LogP contribution in [0.4, 0.5) is 17.3 Å². The summed E-state index contributed by atoms with van der Waals surface area (Å²) in [6, 6.07) is 26.6. The third-order valence-corrected chi connectivity index (χ3v) is 11.6. The molecule has 0 aliphatic carbocycles. The van der Waals surface area contributed by atoms with E-state index in [1.54, 1.807) is 47.6 Å². The Kier molecular flexibility index (Phi) is 10.3. The number of nitrogens with one attached hydrogen (secondary N) is 3. The summed E-state index contributed by atoms with van der Waals surface area (Å²) in [5, 5.41) is 8.71. The average Bonchev–Trinajstić information content (AvgIpc) is 3.97. The van der Waals surface area contributed by atoms with E-state index in [0.29, 0.717) is 42.3 Å². The van der Waals surface area contributed by atoms with E-state index in [9.17, 15) is 19.2 Å². The molecule has 14 nitrogen and oxygen atoms in total. The van der Waals surface area contributed by atoms with Gasteiger partial charge in [-0.05, 0) is 86.2 Å². The second-order valence-corrected chi connectivity index (χ2v) is 15.3. The number of fused-ring (bicyclic) bond motifs is 2. The molecule has 6 aromatic rings. The van der Waals surface area contributed by atoms with Crippen LogP contribution in [0.5, 0.6) is 0 Å². The van der Waals surface area contributed by atoms with Gasteiger partial charge in [-0.15, -0.1) is 0 Å². The number of carbonyl (C=O) groups is 4. The van der Waals surface area contributed by atoms with Crippen molar-refractivity contribution in [2.75, 3.05) is 36.0 Å². The average molecular weight is 789 g/mol. The maximum Gasteiger partial charge on any atom is 0.256 e. The number of pyridine rings is 1. The van der Waals surface area contributed by atoms with Crippen LogP contribution in [0.25, 0.3) is 16.8 Å². The molecule has 0 spiro atoms.